The maximum atomic E-state index is 10.6. The van der Waals surface area contributed by atoms with Crippen LogP contribution in [0.5, 0.6) is 0 Å². The molecule has 2 aliphatic heterocycles. The quantitative estimate of drug-likeness (QED) is 0.468. The average Bonchev–Trinajstić information content (AvgIpc) is 2.75. The molecule has 0 atom stereocenters. The number of anilines is 3. The predicted octanol–water partition coefficient (Wildman–Crippen LogP) is 3.15. The number of hydrogen-bond acceptors (Lipinski definition) is 7. The Hall–Kier alpha value is -2.84. The third-order valence-corrected chi connectivity index (χ3v) is 5.32. The van der Waals surface area contributed by atoms with Crippen molar-refractivity contribution in [1.29, 1.82) is 0 Å². The van der Waals surface area contributed by atoms with E-state index in [4.69, 9.17) is 15.2 Å². The zero-order chi connectivity index (χ0) is 21.5. The van der Waals surface area contributed by atoms with Gasteiger partial charge in [0.2, 0.25) is 0 Å². The first-order chi connectivity index (χ1) is 14.5. The van der Waals surface area contributed by atoms with Crippen molar-refractivity contribution >= 4 is 22.7 Å². The molecule has 2 aromatic rings. The van der Waals surface area contributed by atoms with Gasteiger partial charge in [-0.05, 0) is 49.2 Å². The fourth-order valence-electron chi connectivity index (χ4n) is 3.75. The largest absolute Gasteiger partial charge is 0.399 e. The number of rotatable bonds is 3. The van der Waals surface area contributed by atoms with Gasteiger partial charge >= 0.3 is 0 Å². The Morgan fingerprint density at radius 3 is 1.73 bits per heavy atom. The topological polar surface area (TPSA) is 94.1 Å². The van der Waals surface area contributed by atoms with Crippen LogP contribution in [0.15, 0.2) is 36.4 Å². The number of hydrogen-bond donors (Lipinski definition) is 1. The van der Waals surface area contributed by atoms with E-state index in [0.717, 1.165) is 69.5 Å². The molecule has 0 bridgehead atoms. The van der Waals surface area contributed by atoms with Crippen molar-refractivity contribution in [2.45, 2.75) is 13.8 Å². The van der Waals surface area contributed by atoms with E-state index < -0.39 is 0 Å². The molecule has 2 aliphatic rings. The van der Waals surface area contributed by atoms with E-state index in [9.17, 15) is 10.1 Å². The van der Waals surface area contributed by atoms with Crippen LogP contribution in [0.1, 0.15) is 11.1 Å². The maximum Gasteiger partial charge on any atom is 0.269 e. The normalized spacial score (nSPS) is 16.6. The summed E-state index contributed by atoms with van der Waals surface area (Å²) in [4.78, 5) is 14.8. The molecule has 8 nitrogen and oxygen atoms in total. The maximum absolute atomic E-state index is 10.6. The van der Waals surface area contributed by atoms with Gasteiger partial charge < -0.3 is 25.0 Å². The summed E-state index contributed by atoms with van der Waals surface area (Å²) >= 11 is 0. The highest BCUT2D eigenvalue weighted by molar-refractivity contribution is 5.59. The summed E-state index contributed by atoms with van der Waals surface area (Å²) in [5.41, 5.74) is 11.2. The number of aryl methyl sites for hydroxylation is 2. The molecular weight excluding hydrogens is 384 g/mol. The van der Waals surface area contributed by atoms with Crippen LogP contribution >= 0.6 is 0 Å². The Balaban J connectivity index is 0.000000172. The Morgan fingerprint density at radius 2 is 1.30 bits per heavy atom. The predicted molar refractivity (Wildman–Crippen MR) is 119 cm³/mol. The second-order valence-corrected chi connectivity index (χ2v) is 7.47. The third-order valence-electron chi connectivity index (χ3n) is 5.32. The van der Waals surface area contributed by atoms with Crippen molar-refractivity contribution in [3.05, 3.63) is 57.6 Å². The number of nitro groups is 1. The van der Waals surface area contributed by atoms with E-state index in [1.54, 1.807) is 12.1 Å². The van der Waals surface area contributed by atoms with Gasteiger partial charge in [-0.2, -0.15) is 0 Å². The molecule has 4 rings (SSSR count). The van der Waals surface area contributed by atoms with Crippen molar-refractivity contribution in [2.24, 2.45) is 0 Å². The molecule has 2 aromatic carbocycles. The minimum Gasteiger partial charge on any atom is -0.399 e. The van der Waals surface area contributed by atoms with Crippen LogP contribution in [0.25, 0.3) is 0 Å². The van der Waals surface area contributed by atoms with Crippen LogP contribution in [-0.2, 0) is 9.47 Å². The third kappa shape index (κ3) is 5.61. The van der Waals surface area contributed by atoms with Crippen LogP contribution in [-0.4, -0.2) is 57.5 Å². The highest BCUT2D eigenvalue weighted by atomic mass is 16.6. The zero-order valence-corrected chi connectivity index (χ0v) is 17.7. The average molecular weight is 415 g/mol. The Labute approximate surface area is 177 Å². The standard InChI is InChI=1S/C11H14N2O3.C11H16N2O/c1-9-8-10(13(14)15)2-3-11(9)12-4-6-16-7-5-12;1-9-8-10(12)2-3-11(9)13-4-6-14-7-5-13/h2-3,8H,4-7H2,1H3;2-3,8H,4-7,12H2,1H3. The molecule has 0 saturated carbocycles. The molecular formula is C22H30N4O4. The van der Waals surface area contributed by atoms with Gasteiger partial charge in [0.15, 0.2) is 0 Å². The first-order valence-electron chi connectivity index (χ1n) is 10.2. The molecule has 0 aromatic heterocycles. The molecule has 0 aliphatic carbocycles. The van der Waals surface area contributed by atoms with Crippen molar-refractivity contribution in [2.75, 3.05) is 68.1 Å². The highest BCUT2D eigenvalue weighted by Crippen LogP contribution is 2.25. The molecule has 2 saturated heterocycles. The van der Waals surface area contributed by atoms with Crippen molar-refractivity contribution in [3.63, 3.8) is 0 Å². The lowest BCUT2D eigenvalue weighted by molar-refractivity contribution is -0.384. The monoisotopic (exact) mass is 414 g/mol. The van der Waals surface area contributed by atoms with Crippen molar-refractivity contribution < 1.29 is 14.4 Å². The van der Waals surface area contributed by atoms with Crippen LogP contribution in [0.4, 0.5) is 22.7 Å². The van der Waals surface area contributed by atoms with Crippen LogP contribution in [0.2, 0.25) is 0 Å². The lowest BCUT2D eigenvalue weighted by Gasteiger charge is -2.30. The molecule has 30 heavy (non-hydrogen) atoms. The Kier molecular flexibility index (Phi) is 7.48. The van der Waals surface area contributed by atoms with Crippen molar-refractivity contribution in [3.8, 4) is 0 Å². The number of benzene rings is 2. The summed E-state index contributed by atoms with van der Waals surface area (Å²) < 4.78 is 10.6. The van der Waals surface area contributed by atoms with E-state index in [1.807, 2.05) is 25.1 Å². The summed E-state index contributed by atoms with van der Waals surface area (Å²) in [6.07, 6.45) is 0. The molecule has 162 valence electrons. The van der Waals surface area contributed by atoms with Gasteiger partial charge in [-0.15, -0.1) is 0 Å². The van der Waals surface area contributed by atoms with Crippen LogP contribution in [0.3, 0.4) is 0 Å². The fourth-order valence-corrected chi connectivity index (χ4v) is 3.75. The molecule has 0 amide bonds. The summed E-state index contributed by atoms with van der Waals surface area (Å²) in [5, 5.41) is 10.6. The minimum absolute atomic E-state index is 0.148. The summed E-state index contributed by atoms with van der Waals surface area (Å²) in [5.74, 6) is 0. The number of non-ortho nitro benzene ring substituents is 1. The second-order valence-electron chi connectivity index (χ2n) is 7.47. The number of nitro benzene ring substituents is 1. The molecule has 0 spiro atoms. The Bertz CT molecular complexity index is 862. The van der Waals surface area contributed by atoms with Crippen molar-refractivity contribution in [1.82, 2.24) is 0 Å². The number of nitrogens with zero attached hydrogens (tertiary/aromatic N) is 3. The second kappa shape index (κ2) is 10.3. The van der Waals surface area contributed by atoms with E-state index in [1.165, 1.54) is 11.3 Å². The minimum atomic E-state index is -0.365. The molecule has 2 heterocycles. The van der Waals surface area contributed by atoms with Crippen LogP contribution in [0, 0.1) is 24.0 Å². The van der Waals surface area contributed by atoms with Gasteiger partial charge in [-0.1, -0.05) is 0 Å². The molecule has 2 fully saturated rings. The van der Waals surface area contributed by atoms with E-state index in [0.29, 0.717) is 0 Å². The summed E-state index contributed by atoms with van der Waals surface area (Å²) in [6, 6.07) is 11.1. The fraction of sp³-hybridized carbons (Fsp3) is 0.455. The molecule has 0 radical (unpaired) electrons. The highest BCUT2D eigenvalue weighted by Gasteiger charge is 2.15. The van der Waals surface area contributed by atoms with E-state index in [-0.39, 0.29) is 10.6 Å². The number of morpholine rings is 2. The SMILES string of the molecule is Cc1cc(N)ccc1N1CCOCC1.Cc1cc([N+](=O)[O-])ccc1N1CCOCC1. The van der Waals surface area contributed by atoms with Gasteiger partial charge in [-0.3, -0.25) is 10.1 Å². The lowest BCUT2D eigenvalue weighted by Crippen LogP contribution is -2.36. The number of nitrogen functional groups attached to an aromatic ring is 1. The van der Waals surface area contributed by atoms with Gasteiger partial charge in [0, 0.05) is 55.4 Å². The molecule has 2 N–H and O–H groups in total. The van der Waals surface area contributed by atoms with Gasteiger partial charge in [0.1, 0.15) is 0 Å². The zero-order valence-electron chi connectivity index (χ0n) is 17.7. The Morgan fingerprint density at radius 1 is 0.833 bits per heavy atom. The van der Waals surface area contributed by atoms with E-state index >= 15 is 0 Å². The first-order valence-corrected chi connectivity index (χ1v) is 10.2. The van der Waals surface area contributed by atoms with Gasteiger partial charge in [0.05, 0.1) is 31.4 Å². The van der Waals surface area contributed by atoms with E-state index in [2.05, 4.69) is 22.8 Å². The summed E-state index contributed by atoms with van der Waals surface area (Å²) in [6.45, 7) is 10.7. The lowest BCUT2D eigenvalue weighted by atomic mass is 10.1. The summed E-state index contributed by atoms with van der Waals surface area (Å²) in [7, 11) is 0. The number of nitrogens with two attached hydrogens (primary N) is 1. The van der Waals surface area contributed by atoms with Gasteiger partial charge in [-0.25, -0.2) is 0 Å². The smallest absolute Gasteiger partial charge is 0.269 e. The van der Waals surface area contributed by atoms with Gasteiger partial charge in [0.25, 0.3) is 5.69 Å². The number of ether oxygens (including phenoxy) is 2. The molecule has 8 heteroatoms. The first kappa shape index (κ1) is 21.9. The molecule has 0 unspecified atom stereocenters. The van der Waals surface area contributed by atoms with Crippen LogP contribution < -0.4 is 15.5 Å².